The fourth-order valence-corrected chi connectivity index (χ4v) is 4.14. The summed E-state index contributed by atoms with van der Waals surface area (Å²) in [5.41, 5.74) is 2.27. The van der Waals surface area contributed by atoms with Crippen LogP contribution in [0.3, 0.4) is 0 Å². The van der Waals surface area contributed by atoms with Gasteiger partial charge >= 0.3 is 0 Å². The van der Waals surface area contributed by atoms with Gasteiger partial charge < -0.3 is 9.47 Å². The van der Waals surface area contributed by atoms with Crippen molar-refractivity contribution in [3.63, 3.8) is 0 Å². The minimum atomic E-state index is -0.348. The standard InChI is InChI=1S/C29H21ClFN3O3/c1-36-26-16-20(15-24(30)27(26)37-18-19-8-7-11-22(31)14-19)17-32-34-28(21-9-3-2-4-10-21)33-25-13-6-5-12-23(25)29(34)35/h2-17H,18H2,1H3. The Balaban J connectivity index is 1.52. The topological polar surface area (TPSA) is 65.7 Å². The molecule has 0 amide bonds. The summed E-state index contributed by atoms with van der Waals surface area (Å²) in [5.74, 6) is 0.755. The molecule has 0 saturated heterocycles. The van der Waals surface area contributed by atoms with Crippen LogP contribution in [0.15, 0.2) is 101 Å². The first kappa shape index (κ1) is 24.2. The molecule has 5 rings (SSSR count). The van der Waals surface area contributed by atoms with Gasteiger partial charge in [0.25, 0.3) is 5.56 Å². The number of ether oxygens (including phenoxy) is 2. The molecule has 0 saturated carbocycles. The van der Waals surface area contributed by atoms with Gasteiger partial charge in [0.05, 0.1) is 29.2 Å². The van der Waals surface area contributed by atoms with Crippen molar-refractivity contribution in [3.8, 4) is 22.9 Å². The SMILES string of the molecule is COc1cc(C=Nn2c(-c3ccccc3)nc3ccccc3c2=O)cc(Cl)c1OCc1cccc(F)c1. The Morgan fingerprint density at radius 2 is 1.78 bits per heavy atom. The molecule has 0 aliphatic carbocycles. The second kappa shape index (κ2) is 10.6. The number of hydrogen-bond acceptors (Lipinski definition) is 5. The molecule has 0 N–H and O–H groups in total. The number of para-hydroxylation sites is 1. The molecule has 0 unspecified atom stereocenters. The van der Waals surface area contributed by atoms with Crippen molar-refractivity contribution in [3.05, 3.63) is 123 Å². The quantitative estimate of drug-likeness (QED) is 0.239. The fourth-order valence-electron chi connectivity index (χ4n) is 3.87. The summed E-state index contributed by atoms with van der Waals surface area (Å²) >= 11 is 6.51. The predicted octanol–water partition coefficient (Wildman–Crippen LogP) is 6.33. The summed E-state index contributed by atoms with van der Waals surface area (Å²) < 4.78 is 26.1. The second-order valence-corrected chi connectivity index (χ2v) is 8.54. The van der Waals surface area contributed by atoms with E-state index in [2.05, 4.69) is 5.10 Å². The Morgan fingerprint density at radius 3 is 2.57 bits per heavy atom. The van der Waals surface area contributed by atoms with Crippen molar-refractivity contribution >= 4 is 28.7 Å². The molecule has 0 radical (unpaired) electrons. The molecule has 184 valence electrons. The Kier molecular flexibility index (Phi) is 6.96. The van der Waals surface area contributed by atoms with E-state index in [0.29, 0.717) is 39.4 Å². The molecule has 37 heavy (non-hydrogen) atoms. The van der Waals surface area contributed by atoms with Gasteiger partial charge in [-0.3, -0.25) is 4.79 Å². The molecule has 1 aromatic heterocycles. The van der Waals surface area contributed by atoms with Crippen LogP contribution in [0.4, 0.5) is 4.39 Å². The van der Waals surface area contributed by atoms with E-state index in [0.717, 1.165) is 5.56 Å². The number of hydrogen-bond donors (Lipinski definition) is 0. The van der Waals surface area contributed by atoms with Crippen molar-refractivity contribution in [1.82, 2.24) is 9.66 Å². The molecule has 0 bridgehead atoms. The number of halogens is 2. The van der Waals surface area contributed by atoms with E-state index in [1.165, 1.54) is 30.1 Å². The molecule has 8 heteroatoms. The maximum atomic E-state index is 13.5. The van der Waals surface area contributed by atoms with Crippen molar-refractivity contribution < 1.29 is 13.9 Å². The van der Waals surface area contributed by atoms with Crippen LogP contribution in [0.2, 0.25) is 5.02 Å². The zero-order valence-electron chi connectivity index (χ0n) is 19.8. The van der Waals surface area contributed by atoms with Crippen LogP contribution >= 0.6 is 11.6 Å². The van der Waals surface area contributed by atoms with Crippen molar-refractivity contribution in [2.24, 2.45) is 5.10 Å². The van der Waals surface area contributed by atoms with Gasteiger partial charge in [0.1, 0.15) is 12.4 Å². The van der Waals surface area contributed by atoms with Crippen LogP contribution in [-0.2, 0) is 6.61 Å². The van der Waals surface area contributed by atoms with Crippen molar-refractivity contribution in [2.45, 2.75) is 6.61 Å². The number of aromatic nitrogens is 2. The lowest BCUT2D eigenvalue weighted by Gasteiger charge is -2.13. The molecule has 1 heterocycles. The monoisotopic (exact) mass is 513 g/mol. The summed E-state index contributed by atoms with van der Waals surface area (Å²) in [6.45, 7) is 0.111. The smallest absolute Gasteiger partial charge is 0.282 e. The van der Waals surface area contributed by atoms with E-state index in [9.17, 15) is 9.18 Å². The minimum absolute atomic E-state index is 0.111. The highest BCUT2D eigenvalue weighted by Gasteiger charge is 2.14. The highest BCUT2D eigenvalue weighted by molar-refractivity contribution is 6.32. The third-order valence-electron chi connectivity index (χ3n) is 5.63. The number of benzene rings is 4. The molecule has 0 fully saturated rings. The second-order valence-electron chi connectivity index (χ2n) is 8.13. The van der Waals surface area contributed by atoms with Crippen molar-refractivity contribution in [1.29, 1.82) is 0 Å². The van der Waals surface area contributed by atoms with E-state index in [-0.39, 0.29) is 23.0 Å². The van der Waals surface area contributed by atoms with Crippen LogP contribution in [0.1, 0.15) is 11.1 Å². The maximum Gasteiger partial charge on any atom is 0.282 e. The van der Waals surface area contributed by atoms with E-state index in [4.69, 9.17) is 26.1 Å². The van der Waals surface area contributed by atoms with Gasteiger partial charge in [-0.05, 0) is 47.5 Å². The largest absolute Gasteiger partial charge is 0.493 e. The molecular formula is C29H21ClFN3O3. The lowest BCUT2D eigenvalue weighted by molar-refractivity contribution is 0.284. The van der Waals surface area contributed by atoms with Crippen LogP contribution in [0, 0.1) is 5.82 Å². The predicted molar refractivity (Wildman–Crippen MR) is 143 cm³/mol. The first-order chi connectivity index (χ1) is 18.0. The highest BCUT2D eigenvalue weighted by atomic mass is 35.5. The van der Waals surface area contributed by atoms with Crippen LogP contribution in [0.5, 0.6) is 11.5 Å². The summed E-state index contributed by atoms with van der Waals surface area (Å²) in [5, 5.41) is 5.21. The van der Waals surface area contributed by atoms with Crippen LogP contribution < -0.4 is 15.0 Å². The number of methoxy groups -OCH3 is 1. The molecule has 6 nitrogen and oxygen atoms in total. The number of fused-ring (bicyclic) bond motifs is 1. The normalized spacial score (nSPS) is 11.2. The fraction of sp³-hybridized carbons (Fsp3) is 0.0690. The first-order valence-electron chi connectivity index (χ1n) is 11.4. The Hall–Kier alpha value is -4.49. The van der Waals surface area contributed by atoms with Crippen LogP contribution in [0.25, 0.3) is 22.3 Å². The average Bonchev–Trinajstić information content (AvgIpc) is 2.92. The minimum Gasteiger partial charge on any atom is -0.493 e. The summed E-state index contributed by atoms with van der Waals surface area (Å²) in [7, 11) is 1.49. The molecule has 0 aliphatic rings. The molecule has 0 spiro atoms. The summed E-state index contributed by atoms with van der Waals surface area (Å²) in [4.78, 5) is 18.0. The van der Waals surface area contributed by atoms with Gasteiger partial charge in [0.2, 0.25) is 0 Å². The molecule has 0 aliphatic heterocycles. The van der Waals surface area contributed by atoms with Gasteiger partial charge in [0.15, 0.2) is 17.3 Å². The van der Waals surface area contributed by atoms with E-state index in [1.54, 1.807) is 42.5 Å². The van der Waals surface area contributed by atoms with Crippen LogP contribution in [-0.4, -0.2) is 23.0 Å². The van der Waals surface area contributed by atoms with Gasteiger partial charge in [0, 0.05) is 5.56 Å². The van der Waals surface area contributed by atoms with Gasteiger partial charge in [-0.25, -0.2) is 9.37 Å². The third kappa shape index (κ3) is 5.22. The number of rotatable bonds is 7. The Labute approximate surface area is 217 Å². The zero-order valence-corrected chi connectivity index (χ0v) is 20.5. The lowest BCUT2D eigenvalue weighted by Crippen LogP contribution is -2.20. The first-order valence-corrected chi connectivity index (χ1v) is 11.8. The zero-order chi connectivity index (χ0) is 25.8. The van der Waals surface area contributed by atoms with Gasteiger partial charge in [-0.15, -0.1) is 0 Å². The summed E-state index contributed by atoms with van der Waals surface area (Å²) in [6.07, 6.45) is 1.51. The molecule has 4 aromatic carbocycles. The molecule has 0 atom stereocenters. The lowest BCUT2D eigenvalue weighted by atomic mass is 10.2. The highest BCUT2D eigenvalue weighted by Crippen LogP contribution is 2.36. The van der Waals surface area contributed by atoms with E-state index >= 15 is 0 Å². The maximum absolute atomic E-state index is 13.5. The van der Waals surface area contributed by atoms with Gasteiger partial charge in [-0.2, -0.15) is 9.78 Å². The van der Waals surface area contributed by atoms with Crippen molar-refractivity contribution in [2.75, 3.05) is 7.11 Å². The number of nitrogens with zero attached hydrogens (tertiary/aromatic N) is 3. The van der Waals surface area contributed by atoms with E-state index < -0.39 is 0 Å². The summed E-state index contributed by atoms with van der Waals surface area (Å²) in [6, 6.07) is 26.0. The Bertz CT molecular complexity index is 1670. The molecular weight excluding hydrogens is 493 g/mol. The average molecular weight is 514 g/mol. The van der Waals surface area contributed by atoms with E-state index in [1.807, 2.05) is 36.4 Å². The van der Waals surface area contributed by atoms with Gasteiger partial charge in [-0.1, -0.05) is 66.2 Å². The third-order valence-corrected chi connectivity index (χ3v) is 5.91. The molecule has 5 aromatic rings. The Morgan fingerprint density at radius 1 is 1.00 bits per heavy atom.